The molecule has 2 unspecified atom stereocenters. The quantitative estimate of drug-likeness (QED) is 0.597. The normalized spacial score (nSPS) is 22.9. The van der Waals surface area contributed by atoms with E-state index in [-0.39, 0.29) is 11.2 Å². The number of allylic oxidation sites excluding steroid dienone is 2. The van der Waals surface area contributed by atoms with Crippen molar-refractivity contribution in [2.75, 3.05) is 0 Å². The Kier molecular flexibility index (Phi) is 4.29. The van der Waals surface area contributed by atoms with Crippen molar-refractivity contribution in [1.29, 1.82) is 5.26 Å². The van der Waals surface area contributed by atoms with Crippen molar-refractivity contribution >= 4 is 0 Å². The van der Waals surface area contributed by atoms with E-state index in [0.717, 1.165) is 30.0 Å². The summed E-state index contributed by atoms with van der Waals surface area (Å²) < 4.78 is 2.29. The Bertz CT molecular complexity index is 1200. The molecule has 150 valence electrons. The van der Waals surface area contributed by atoms with Crippen molar-refractivity contribution in [3.8, 4) is 22.9 Å². The molecule has 2 atom stereocenters. The van der Waals surface area contributed by atoms with E-state index in [0.29, 0.717) is 24.3 Å². The molecule has 4 nitrogen and oxygen atoms in total. The second-order valence-electron chi connectivity index (χ2n) is 8.78. The Hall–Kier alpha value is -3.32. The molecule has 4 heteroatoms. The Balaban J connectivity index is 1.62. The molecule has 0 bridgehead atoms. The first-order chi connectivity index (χ1) is 14.5. The zero-order valence-corrected chi connectivity index (χ0v) is 17.4. The minimum Gasteiger partial charge on any atom is -0.511 e. The van der Waals surface area contributed by atoms with Crippen LogP contribution in [0.25, 0.3) is 16.8 Å². The van der Waals surface area contributed by atoms with Crippen LogP contribution in [0.1, 0.15) is 43.4 Å². The Labute approximate surface area is 177 Å². The second kappa shape index (κ2) is 6.88. The summed E-state index contributed by atoms with van der Waals surface area (Å²) in [5.74, 6) is 1.57. The van der Waals surface area contributed by atoms with Crippen LogP contribution in [-0.2, 0) is 11.8 Å². The third-order valence-corrected chi connectivity index (χ3v) is 6.99. The minimum absolute atomic E-state index is 0.210. The number of nitrogens with zero attached hydrogens (tertiary/aromatic N) is 3. The summed E-state index contributed by atoms with van der Waals surface area (Å²) in [6, 6.07) is 21.2. The Morgan fingerprint density at radius 3 is 2.67 bits per heavy atom. The Morgan fingerprint density at radius 2 is 1.90 bits per heavy atom. The van der Waals surface area contributed by atoms with Crippen molar-refractivity contribution < 1.29 is 5.11 Å². The highest BCUT2D eigenvalue weighted by molar-refractivity contribution is 5.66. The fourth-order valence-electron chi connectivity index (χ4n) is 5.37. The van der Waals surface area contributed by atoms with Crippen LogP contribution in [0.2, 0.25) is 0 Å². The first kappa shape index (κ1) is 18.7. The summed E-state index contributed by atoms with van der Waals surface area (Å²) in [5, 5.41) is 19.8. The molecule has 5 rings (SSSR count). The highest BCUT2D eigenvalue weighted by Gasteiger charge is 2.47. The number of aryl methyl sites for hydroxylation is 1. The van der Waals surface area contributed by atoms with Gasteiger partial charge >= 0.3 is 0 Å². The van der Waals surface area contributed by atoms with Crippen molar-refractivity contribution in [2.24, 2.45) is 5.92 Å². The molecule has 2 aromatic carbocycles. The summed E-state index contributed by atoms with van der Waals surface area (Å²) in [7, 11) is 0. The zero-order valence-electron chi connectivity index (χ0n) is 17.4. The molecule has 1 aromatic heterocycles. The highest BCUT2D eigenvalue weighted by Crippen LogP contribution is 2.51. The standard InChI is InChI=1S/C26H25N3O/c1-17-28-25-23(12-11-21-14-24(30)20(16-27)15-26(21,25)2)29(17)22-10-6-9-19(13-22)18-7-4-3-5-8-18/h3-10,13,21,30H,11-12,14-15H2,1-2H3. The van der Waals surface area contributed by atoms with E-state index in [9.17, 15) is 10.4 Å². The van der Waals surface area contributed by atoms with Gasteiger partial charge in [-0.05, 0) is 55.4 Å². The molecular weight excluding hydrogens is 370 g/mol. The van der Waals surface area contributed by atoms with E-state index in [1.807, 2.05) is 6.07 Å². The molecule has 0 fully saturated rings. The van der Waals surface area contributed by atoms with Gasteiger partial charge in [0.15, 0.2) is 0 Å². The smallest absolute Gasteiger partial charge is 0.110 e. The maximum Gasteiger partial charge on any atom is 0.110 e. The molecule has 30 heavy (non-hydrogen) atoms. The average molecular weight is 396 g/mol. The third-order valence-electron chi connectivity index (χ3n) is 6.99. The van der Waals surface area contributed by atoms with Crippen LogP contribution in [0, 0.1) is 24.2 Å². The van der Waals surface area contributed by atoms with Gasteiger partial charge in [0, 0.05) is 23.2 Å². The first-order valence-corrected chi connectivity index (χ1v) is 10.6. The Morgan fingerprint density at radius 1 is 1.13 bits per heavy atom. The number of rotatable bonds is 2. The predicted molar refractivity (Wildman–Crippen MR) is 117 cm³/mol. The number of aliphatic hydroxyl groups excluding tert-OH is 1. The maximum absolute atomic E-state index is 10.3. The zero-order chi connectivity index (χ0) is 20.9. The molecule has 2 aliphatic carbocycles. The predicted octanol–water partition coefficient (Wildman–Crippen LogP) is 5.80. The van der Waals surface area contributed by atoms with E-state index >= 15 is 0 Å². The molecule has 0 saturated carbocycles. The summed E-state index contributed by atoms with van der Waals surface area (Å²) in [5.41, 5.74) is 6.16. The van der Waals surface area contributed by atoms with Gasteiger partial charge in [0.2, 0.25) is 0 Å². The van der Waals surface area contributed by atoms with Gasteiger partial charge in [0.25, 0.3) is 0 Å². The molecule has 0 spiro atoms. The van der Waals surface area contributed by atoms with Gasteiger partial charge in [-0.3, -0.25) is 0 Å². The fourth-order valence-corrected chi connectivity index (χ4v) is 5.37. The van der Waals surface area contributed by atoms with E-state index in [1.54, 1.807) is 0 Å². The van der Waals surface area contributed by atoms with Crippen LogP contribution < -0.4 is 0 Å². The topological polar surface area (TPSA) is 61.8 Å². The molecule has 0 saturated heterocycles. The molecule has 3 aromatic rings. The number of aliphatic hydroxyl groups is 1. The molecular formula is C26H25N3O. The second-order valence-corrected chi connectivity index (χ2v) is 8.78. The molecule has 1 N–H and O–H groups in total. The van der Waals surface area contributed by atoms with E-state index in [1.165, 1.54) is 16.8 Å². The van der Waals surface area contributed by atoms with Crippen LogP contribution in [-0.4, -0.2) is 14.7 Å². The molecule has 2 aliphatic rings. The van der Waals surface area contributed by atoms with Gasteiger partial charge in [-0.15, -0.1) is 0 Å². The fraction of sp³-hybridized carbons (Fsp3) is 0.308. The number of fused-ring (bicyclic) bond motifs is 3. The maximum atomic E-state index is 10.3. The summed E-state index contributed by atoms with van der Waals surface area (Å²) in [4.78, 5) is 5.03. The van der Waals surface area contributed by atoms with Gasteiger partial charge in [0.05, 0.1) is 17.3 Å². The van der Waals surface area contributed by atoms with Gasteiger partial charge in [-0.25, -0.2) is 4.98 Å². The monoisotopic (exact) mass is 395 g/mol. The SMILES string of the molecule is Cc1nc2c(n1-c1cccc(-c3ccccc3)c1)CCC1CC(O)=C(C#N)CC21C. The first-order valence-electron chi connectivity index (χ1n) is 10.6. The van der Waals surface area contributed by atoms with Crippen LogP contribution in [0.3, 0.4) is 0 Å². The third kappa shape index (κ3) is 2.77. The minimum atomic E-state index is -0.210. The number of hydrogen-bond donors (Lipinski definition) is 1. The largest absolute Gasteiger partial charge is 0.511 e. The van der Waals surface area contributed by atoms with Crippen LogP contribution in [0.15, 0.2) is 65.9 Å². The van der Waals surface area contributed by atoms with Crippen molar-refractivity contribution in [1.82, 2.24) is 9.55 Å². The molecule has 1 heterocycles. The van der Waals surface area contributed by atoms with Gasteiger partial charge in [-0.1, -0.05) is 49.4 Å². The number of hydrogen-bond acceptors (Lipinski definition) is 3. The number of imidazole rings is 1. The molecule has 0 aliphatic heterocycles. The summed E-state index contributed by atoms with van der Waals surface area (Å²) in [6.07, 6.45) is 3.07. The van der Waals surface area contributed by atoms with E-state index < -0.39 is 0 Å². The molecule has 0 radical (unpaired) electrons. The van der Waals surface area contributed by atoms with Crippen LogP contribution in [0.5, 0.6) is 0 Å². The lowest BCUT2D eigenvalue weighted by atomic mass is 9.61. The van der Waals surface area contributed by atoms with Crippen LogP contribution in [0.4, 0.5) is 0 Å². The van der Waals surface area contributed by atoms with E-state index in [4.69, 9.17) is 4.98 Å². The van der Waals surface area contributed by atoms with E-state index in [2.05, 4.69) is 73.0 Å². The summed E-state index contributed by atoms with van der Waals surface area (Å²) >= 11 is 0. The molecule has 0 amide bonds. The number of aromatic nitrogens is 2. The van der Waals surface area contributed by atoms with Gasteiger partial charge in [0.1, 0.15) is 11.6 Å². The lowest BCUT2D eigenvalue weighted by Gasteiger charge is -2.43. The highest BCUT2D eigenvalue weighted by atomic mass is 16.3. The van der Waals surface area contributed by atoms with Crippen molar-refractivity contribution in [2.45, 2.75) is 44.9 Å². The number of nitriles is 1. The van der Waals surface area contributed by atoms with Gasteiger partial charge in [-0.2, -0.15) is 5.26 Å². The van der Waals surface area contributed by atoms with Crippen molar-refractivity contribution in [3.63, 3.8) is 0 Å². The summed E-state index contributed by atoms with van der Waals surface area (Å²) in [6.45, 7) is 4.28. The average Bonchev–Trinajstić information content (AvgIpc) is 3.12. The van der Waals surface area contributed by atoms with Crippen molar-refractivity contribution in [3.05, 3.63) is 83.1 Å². The van der Waals surface area contributed by atoms with Gasteiger partial charge < -0.3 is 9.67 Å². The lowest BCUT2D eigenvalue weighted by Crippen LogP contribution is -2.40. The number of benzene rings is 2. The van der Waals surface area contributed by atoms with Crippen LogP contribution >= 0.6 is 0 Å². The lowest BCUT2D eigenvalue weighted by molar-refractivity contribution is 0.192.